The number of sulfonamides is 1. The zero-order valence-electron chi connectivity index (χ0n) is 16.6. The fourth-order valence-electron chi connectivity index (χ4n) is 3.83. The monoisotopic (exact) mass is 436 g/mol. The number of nitrogens with one attached hydrogen (secondary N) is 1. The van der Waals surface area contributed by atoms with Crippen LogP contribution >= 0.6 is 0 Å². The first kappa shape index (κ1) is 19.4. The van der Waals surface area contributed by atoms with Crippen molar-refractivity contribution in [2.75, 3.05) is 23.0 Å². The van der Waals surface area contributed by atoms with Gasteiger partial charge >= 0.3 is 0 Å². The first-order valence-corrected chi connectivity index (χ1v) is 11.4. The molecule has 7 nitrogen and oxygen atoms in total. The van der Waals surface area contributed by atoms with E-state index in [1.54, 1.807) is 30.3 Å². The maximum Gasteiger partial charge on any atom is 0.264 e. The van der Waals surface area contributed by atoms with Crippen molar-refractivity contribution in [2.45, 2.75) is 17.7 Å². The molecule has 1 N–H and O–H groups in total. The molecule has 0 radical (unpaired) electrons. The lowest BCUT2D eigenvalue weighted by molar-refractivity contribution is 0.102. The number of aryl methyl sites for hydroxylation is 1. The Morgan fingerprint density at radius 3 is 2.55 bits per heavy atom. The SMILES string of the molecule is O=C(Nc1ccc(S(=O)(=O)N2CCCc3ccccc32)cc1)c1ccc2c(c1)OCO2. The Morgan fingerprint density at radius 1 is 0.935 bits per heavy atom. The van der Waals surface area contributed by atoms with Crippen molar-refractivity contribution in [2.24, 2.45) is 0 Å². The summed E-state index contributed by atoms with van der Waals surface area (Å²) in [6.45, 7) is 0.583. The van der Waals surface area contributed by atoms with Gasteiger partial charge in [0.25, 0.3) is 15.9 Å². The highest BCUT2D eigenvalue weighted by Gasteiger charge is 2.28. The molecule has 0 fully saturated rings. The Balaban J connectivity index is 1.35. The van der Waals surface area contributed by atoms with Gasteiger partial charge in [-0.1, -0.05) is 18.2 Å². The smallest absolute Gasteiger partial charge is 0.264 e. The van der Waals surface area contributed by atoms with E-state index in [4.69, 9.17) is 9.47 Å². The average molecular weight is 436 g/mol. The number of anilines is 2. The molecule has 1 amide bonds. The lowest BCUT2D eigenvalue weighted by Gasteiger charge is -2.30. The van der Waals surface area contributed by atoms with Crippen molar-refractivity contribution in [1.29, 1.82) is 0 Å². The topological polar surface area (TPSA) is 84.9 Å². The first-order chi connectivity index (χ1) is 15.0. The summed E-state index contributed by atoms with van der Waals surface area (Å²) >= 11 is 0. The fourth-order valence-corrected chi connectivity index (χ4v) is 5.37. The van der Waals surface area contributed by atoms with Crippen LogP contribution in [0.15, 0.2) is 71.6 Å². The lowest BCUT2D eigenvalue weighted by Crippen LogP contribution is -2.35. The van der Waals surface area contributed by atoms with Gasteiger partial charge in [-0.2, -0.15) is 0 Å². The number of fused-ring (bicyclic) bond motifs is 2. The maximum absolute atomic E-state index is 13.2. The molecule has 0 saturated carbocycles. The van der Waals surface area contributed by atoms with Crippen LogP contribution in [0, 0.1) is 0 Å². The van der Waals surface area contributed by atoms with E-state index < -0.39 is 10.0 Å². The number of nitrogens with zero attached hydrogens (tertiary/aromatic N) is 1. The van der Waals surface area contributed by atoms with Gasteiger partial charge < -0.3 is 14.8 Å². The standard InChI is InChI=1S/C23H20N2O5S/c26-23(17-7-12-21-22(14-17)30-15-29-21)24-18-8-10-19(11-9-18)31(27,28)25-13-3-5-16-4-1-2-6-20(16)25/h1-2,4,6-12,14H,3,5,13,15H2,(H,24,26). The number of hydrogen-bond acceptors (Lipinski definition) is 5. The van der Waals surface area contributed by atoms with Crippen LogP contribution in [0.25, 0.3) is 0 Å². The zero-order valence-corrected chi connectivity index (χ0v) is 17.4. The van der Waals surface area contributed by atoms with E-state index in [9.17, 15) is 13.2 Å². The molecule has 0 aromatic heterocycles. The van der Waals surface area contributed by atoms with Gasteiger partial charge in [-0.3, -0.25) is 9.10 Å². The maximum atomic E-state index is 13.2. The number of ether oxygens (including phenoxy) is 2. The van der Waals surface area contributed by atoms with Crippen LogP contribution < -0.4 is 19.1 Å². The highest BCUT2D eigenvalue weighted by atomic mass is 32.2. The van der Waals surface area contributed by atoms with Gasteiger partial charge in [0.1, 0.15) is 0 Å². The number of rotatable bonds is 4. The summed E-state index contributed by atoms with van der Waals surface area (Å²) in [5, 5.41) is 2.78. The summed E-state index contributed by atoms with van der Waals surface area (Å²) in [7, 11) is -3.69. The minimum Gasteiger partial charge on any atom is -0.454 e. The summed E-state index contributed by atoms with van der Waals surface area (Å²) in [6.07, 6.45) is 1.65. The van der Waals surface area contributed by atoms with Crippen LogP contribution in [-0.4, -0.2) is 27.7 Å². The molecular weight excluding hydrogens is 416 g/mol. The molecule has 2 aliphatic heterocycles. The van der Waals surface area contributed by atoms with Crippen molar-refractivity contribution in [1.82, 2.24) is 0 Å². The predicted octanol–water partition coefficient (Wildman–Crippen LogP) is 3.81. The molecule has 3 aromatic rings. The first-order valence-electron chi connectivity index (χ1n) is 9.94. The minimum atomic E-state index is -3.69. The molecule has 0 atom stereocenters. The Bertz CT molecular complexity index is 1260. The third-order valence-electron chi connectivity index (χ3n) is 5.40. The number of hydrogen-bond donors (Lipinski definition) is 1. The summed E-state index contributed by atoms with van der Waals surface area (Å²) in [4.78, 5) is 12.7. The normalized spacial score (nSPS) is 14.8. The highest BCUT2D eigenvalue weighted by Crippen LogP contribution is 2.33. The Morgan fingerprint density at radius 2 is 1.71 bits per heavy atom. The van der Waals surface area contributed by atoms with Crippen LogP contribution in [0.3, 0.4) is 0 Å². The molecule has 0 unspecified atom stereocenters. The summed E-state index contributed by atoms with van der Waals surface area (Å²) in [5.74, 6) is 0.806. The van der Waals surface area contributed by atoms with E-state index in [-0.39, 0.29) is 17.6 Å². The molecule has 158 valence electrons. The second-order valence-electron chi connectivity index (χ2n) is 7.36. The minimum absolute atomic E-state index is 0.137. The van der Waals surface area contributed by atoms with Crippen LogP contribution in [0.1, 0.15) is 22.3 Å². The van der Waals surface area contributed by atoms with Crippen molar-refractivity contribution in [3.8, 4) is 11.5 Å². The van der Waals surface area contributed by atoms with E-state index in [2.05, 4.69) is 5.32 Å². The molecule has 3 aromatic carbocycles. The van der Waals surface area contributed by atoms with Crippen LogP contribution in [0.4, 0.5) is 11.4 Å². The second-order valence-corrected chi connectivity index (χ2v) is 9.22. The Hall–Kier alpha value is -3.52. The van der Waals surface area contributed by atoms with Crippen LogP contribution in [0.2, 0.25) is 0 Å². The van der Waals surface area contributed by atoms with Crippen molar-refractivity contribution in [3.63, 3.8) is 0 Å². The summed E-state index contributed by atoms with van der Waals surface area (Å²) < 4.78 is 38.5. The molecule has 31 heavy (non-hydrogen) atoms. The van der Waals surface area contributed by atoms with Crippen LogP contribution in [0.5, 0.6) is 11.5 Å². The number of benzene rings is 3. The molecule has 2 aliphatic rings. The van der Waals surface area contributed by atoms with E-state index in [0.717, 1.165) is 24.1 Å². The molecule has 0 aliphatic carbocycles. The van der Waals surface area contributed by atoms with Gasteiger partial charge in [0, 0.05) is 17.8 Å². The number of amides is 1. The Labute approximate surface area is 180 Å². The third-order valence-corrected chi connectivity index (χ3v) is 7.23. The quantitative estimate of drug-likeness (QED) is 0.672. The third kappa shape index (κ3) is 3.59. The largest absolute Gasteiger partial charge is 0.454 e. The highest BCUT2D eigenvalue weighted by molar-refractivity contribution is 7.92. The second kappa shape index (κ2) is 7.63. The van der Waals surface area contributed by atoms with Crippen LogP contribution in [-0.2, 0) is 16.4 Å². The van der Waals surface area contributed by atoms with Gasteiger partial charge in [-0.25, -0.2) is 8.42 Å². The number of carbonyl (C=O) groups is 1. The number of carbonyl (C=O) groups excluding carboxylic acids is 1. The van der Waals surface area contributed by atoms with Gasteiger partial charge in [0.05, 0.1) is 10.6 Å². The molecule has 0 saturated heterocycles. The summed E-state index contributed by atoms with van der Waals surface area (Å²) in [6, 6.07) is 18.7. The zero-order chi connectivity index (χ0) is 21.4. The van der Waals surface area contributed by atoms with Gasteiger partial charge in [0.15, 0.2) is 11.5 Å². The van der Waals surface area contributed by atoms with E-state index >= 15 is 0 Å². The molecule has 0 spiro atoms. The molecule has 0 bridgehead atoms. The molecule has 8 heteroatoms. The van der Waals surface area contributed by atoms with Gasteiger partial charge in [-0.15, -0.1) is 0 Å². The Kier molecular flexibility index (Phi) is 4.78. The predicted molar refractivity (Wildman–Crippen MR) is 116 cm³/mol. The van der Waals surface area contributed by atoms with Gasteiger partial charge in [0.2, 0.25) is 6.79 Å². The van der Waals surface area contributed by atoms with E-state index in [1.807, 2.05) is 24.3 Å². The lowest BCUT2D eigenvalue weighted by atomic mass is 10.0. The summed E-state index contributed by atoms with van der Waals surface area (Å²) in [5.41, 5.74) is 2.69. The van der Waals surface area contributed by atoms with Crippen molar-refractivity contribution < 1.29 is 22.7 Å². The molecule has 5 rings (SSSR count). The fraction of sp³-hybridized carbons (Fsp3) is 0.174. The number of para-hydroxylation sites is 1. The average Bonchev–Trinajstić information content (AvgIpc) is 3.27. The molecular formula is C23H20N2O5S. The van der Waals surface area contributed by atoms with Gasteiger partial charge in [-0.05, 0) is 66.9 Å². The van der Waals surface area contributed by atoms with Crippen molar-refractivity contribution in [3.05, 3.63) is 77.9 Å². The van der Waals surface area contributed by atoms with E-state index in [1.165, 1.54) is 16.4 Å². The van der Waals surface area contributed by atoms with Crippen molar-refractivity contribution >= 4 is 27.3 Å². The molecule has 2 heterocycles. The van der Waals surface area contributed by atoms with E-state index in [0.29, 0.717) is 29.3 Å².